The summed E-state index contributed by atoms with van der Waals surface area (Å²) in [5.41, 5.74) is 3.54. The largest absolute Gasteiger partial charge is 0.393 e. The average Bonchev–Trinajstić information content (AvgIpc) is 3.42. The Morgan fingerprint density at radius 2 is 1.73 bits per heavy atom. The number of aromatic nitrogens is 2. The van der Waals surface area contributed by atoms with E-state index in [0.29, 0.717) is 22.8 Å². The van der Waals surface area contributed by atoms with Crippen molar-refractivity contribution < 1.29 is 19.5 Å². The third-order valence-electron chi connectivity index (χ3n) is 7.34. The van der Waals surface area contributed by atoms with Gasteiger partial charge in [-0.2, -0.15) is 0 Å². The maximum absolute atomic E-state index is 13.1. The van der Waals surface area contributed by atoms with Crippen molar-refractivity contribution >= 4 is 45.9 Å². The van der Waals surface area contributed by atoms with E-state index in [1.807, 2.05) is 24.3 Å². The van der Waals surface area contributed by atoms with Gasteiger partial charge in [-0.05, 0) is 60.9 Å². The number of likely N-dealkylation sites (tertiary alicyclic amines) is 1. The van der Waals surface area contributed by atoms with Gasteiger partial charge in [0.1, 0.15) is 5.82 Å². The first-order chi connectivity index (χ1) is 19.9. The number of hydrogen-bond donors (Lipinski definition) is 3. The zero-order valence-electron chi connectivity index (χ0n) is 23.2. The molecule has 0 saturated carbocycles. The highest BCUT2D eigenvalue weighted by molar-refractivity contribution is 6.05. The molecule has 0 radical (unpaired) electrons. The number of aliphatic hydroxyl groups is 1. The molecule has 0 atom stereocenters. The van der Waals surface area contributed by atoms with Gasteiger partial charge in [0, 0.05) is 68.2 Å². The number of nitrogens with zero attached hydrogens (tertiary/aromatic N) is 4. The van der Waals surface area contributed by atoms with E-state index < -0.39 is 0 Å². The first kappa shape index (κ1) is 28.0. The fourth-order valence-corrected chi connectivity index (χ4v) is 5.07. The van der Waals surface area contributed by atoms with Gasteiger partial charge in [0.05, 0.1) is 17.3 Å². The number of piperidine rings is 1. The van der Waals surface area contributed by atoms with Crippen molar-refractivity contribution in [3.63, 3.8) is 0 Å². The molecule has 3 heterocycles. The molecular formula is C31H34N6O4. The quantitative estimate of drug-likeness (QED) is 0.309. The molecule has 41 heavy (non-hydrogen) atoms. The first-order valence-corrected chi connectivity index (χ1v) is 13.8. The van der Waals surface area contributed by atoms with Crippen LogP contribution in [-0.2, 0) is 11.3 Å². The molecule has 5 rings (SSSR count). The van der Waals surface area contributed by atoms with Crippen LogP contribution in [0.5, 0.6) is 0 Å². The molecule has 10 heteroatoms. The summed E-state index contributed by atoms with van der Waals surface area (Å²) in [7, 11) is 1.57. The highest BCUT2D eigenvalue weighted by Gasteiger charge is 2.20. The summed E-state index contributed by atoms with van der Waals surface area (Å²) in [4.78, 5) is 46.5. The van der Waals surface area contributed by atoms with E-state index >= 15 is 0 Å². The van der Waals surface area contributed by atoms with E-state index in [0.717, 1.165) is 48.9 Å². The van der Waals surface area contributed by atoms with Gasteiger partial charge in [-0.25, -0.2) is 9.78 Å². The van der Waals surface area contributed by atoms with Crippen molar-refractivity contribution in [3.8, 4) is 0 Å². The van der Waals surface area contributed by atoms with Gasteiger partial charge in [0.25, 0.3) is 5.91 Å². The van der Waals surface area contributed by atoms with Gasteiger partial charge in [-0.3, -0.25) is 24.0 Å². The van der Waals surface area contributed by atoms with Crippen molar-refractivity contribution in [1.29, 1.82) is 0 Å². The Kier molecular flexibility index (Phi) is 8.42. The second-order valence-electron chi connectivity index (χ2n) is 10.1. The van der Waals surface area contributed by atoms with Crippen LogP contribution in [0.25, 0.3) is 10.9 Å². The summed E-state index contributed by atoms with van der Waals surface area (Å²) in [5, 5.41) is 16.0. The van der Waals surface area contributed by atoms with Crippen molar-refractivity contribution in [3.05, 3.63) is 84.2 Å². The SMILES string of the molecule is CCC(=O)N(c1ccnc(NC(=O)c2ccc(CN3CCC(O)CC3)cc2)c1)c1ccc2c(ccn2C(=O)NC)c1. The van der Waals surface area contributed by atoms with Gasteiger partial charge in [0.2, 0.25) is 5.91 Å². The summed E-state index contributed by atoms with van der Waals surface area (Å²) < 4.78 is 1.51. The predicted molar refractivity (Wildman–Crippen MR) is 158 cm³/mol. The molecule has 1 aliphatic heterocycles. The van der Waals surface area contributed by atoms with Crippen LogP contribution in [0.3, 0.4) is 0 Å². The zero-order valence-corrected chi connectivity index (χ0v) is 23.2. The van der Waals surface area contributed by atoms with Gasteiger partial charge < -0.3 is 15.7 Å². The summed E-state index contributed by atoms with van der Waals surface area (Å²) in [6.45, 7) is 4.29. The van der Waals surface area contributed by atoms with Crippen molar-refractivity contribution in [2.24, 2.45) is 0 Å². The minimum Gasteiger partial charge on any atom is -0.393 e. The minimum atomic E-state index is -0.298. The van der Waals surface area contributed by atoms with E-state index in [-0.39, 0.29) is 30.4 Å². The molecule has 10 nitrogen and oxygen atoms in total. The van der Waals surface area contributed by atoms with Crippen LogP contribution in [0.4, 0.5) is 22.0 Å². The van der Waals surface area contributed by atoms with Crippen molar-refractivity contribution in [1.82, 2.24) is 19.8 Å². The molecule has 0 spiro atoms. The van der Waals surface area contributed by atoms with E-state index in [1.54, 1.807) is 67.7 Å². The number of amides is 3. The Balaban J connectivity index is 1.32. The van der Waals surface area contributed by atoms with Crippen molar-refractivity contribution in [2.45, 2.75) is 38.8 Å². The maximum Gasteiger partial charge on any atom is 0.325 e. The summed E-state index contributed by atoms with van der Waals surface area (Å²) in [6.07, 6.45) is 4.88. The number of anilines is 3. The molecule has 1 aliphatic rings. The van der Waals surface area contributed by atoms with E-state index in [2.05, 4.69) is 20.5 Å². The standard InChI is InChI=1S/C31H34N6O4/c1-3-29(39)37(24-8-9-27-23(18-24)11-17-36(27)31(41)32-2)25-10-14-33-28(19-25)34-30(40)22-6-4-21(5-7-22)20-35-15-12-26(38)13-16-35/h4-11,14,17-19,26,38H,3,12-13,15-16,20H2,1-2H3,(H,32,41)(H,33,34,40). The third-order valence-corrected chi connectivity index (χ3v) is 7.34. The lowest BCUT2D eigenvalue weighted by atomic mass is 10.1. The summed E-state index contributed by atoms with van der Waals surface area (Å²) >= 11 is 0. The Labute approximate surface area is 238 Å². The maximum atomic E-state index is 13.1. The molecule has 0 unspecified atom stereocenters. The third kappa shape index (κ3) is 6.29. The molecule has 0 bridgehead atoms. The molecule has 212 valence electrons. The molecule has 1 saturated heterocycles. The highest BCUT2D eigenvalue weighted by atomic mass is 16.3. The Hall–Kier alpha value is -4.54. The zero-order chi connectivity index (χ0) is 28.9. The highest BCUT2D eigenvalue weighted by Crippen LogP contribution is 2.31. The Morgan fingerprint density at radius 3 is 2.44 bits per heavy atom. The number of carbonyl (C=O) groups is 3. The van der Waals surface area contributed by atoms with Crippen LogP contribution < -0.4 is 15.5 Å². The molecular weight excluding hydrogens is 520 g/mol. The van der Waals surface area contributed by atoms with Gasteiger partial charge in [-0.1, -0.05) is 19.1 Å². The Morgan fingerprint density at radius 1 is 1.00 bits per heavy atom. The smallest absolute Gasteiger partial charge is 0.325 e. The van der Waals surface area contributed by atoms with Gasteiger partial charge >= 0.3 is 6.03 Å². The molecule has 2 aromatic carbocycles. The lowest BCUT2D eigenvalue weighted by Gasteiger charge is -2.29. The molecule has 0 aliphatic carbocycles. The van der Waals surface area contributed by atoms with Crippen LogP contribution in [0.15, 0.2) is 73.1 Å². The number of hydrogen-bond acceptors (Lipinski definition) is 6. The minimum absolute atomic E-state index is 0.127. The molecule has 3 N–H and O–H groups in total. The molecule has 1 fully saturated rings. The molecule has 4 aromatic rings. The second-order valence-corrected chi connectivity index (χ2v) is 10.1. The van der Waals surface area contributed by atoms with E-state index in [1.165, 1.54) is 4.57 Å². The average molecular weight is 555 g/mol. The van der Waals surface area contributed by atoms with Crippen molar-refractivity contribution in [2.75, 3.05) is 30.4 Å². The second kappa shape index (κ2) is 12.3. The molecule has 2 aromatic heterocycles. The van der Waals surface area contributed by atoms with Crippen LogP contribution in [0.2, 0.25) is 0 Å². The predicted octanol–water partition coefficient (Wildman–Crippen LogP) is 4.51. The summed E-state index contributed by atoms with van der Waals surface area (Å²) in [5.74, 6) is -0.103. The number of fused-ring (bicyclic) bond motifs is 1. The number of pyridine rings is 1. The number of benzene rings is 2. The first-order valence-electron chi connectivity index (χ1n) is 13.8. The monoisotopic (exact) mass is 554 g/mol. The van der Waals surface area contributed by atoms with E-state index in [4.69, 9.17) is 0 Å². The van der Waals surface area contributed by atoms with Crippen LogP contribution >= 0.6 is 0 Å². The topological polar surface area (TPSA) is 120 Å². The lowest BCUT2D eigenvalue weighted by Crippen LogP contribution is -2.35. The fraction of sp³-hybridized carbons (Fsp3) is 0.290. The Bertz CT molecular complexity index is 1560. The molecule has 3 amide bonds. The van der Waals surface area contributed by atoms with Gasteiger partial charge in [0.15, 0.2) is 0 Å². The fourth-order valence-electron chi connectivity index (χ4n) is 5.07. The van der Waals surface area contributed by atoms with Crippen LogP contribution in [-0.4, -0.2) is 63.6 Å². The number of nitrogens with one attached hydrogen (secondary N) is 2. The van der Waals surface area contributed by atoms with Gasteiger partial charge in [-0.15, -0.1) is 0 Å². The lowest BCUT2D eigenvalue weighted by molar-refractivity contribution is -0.117. The number of aliphatic hydroxyl groups excluding tert-OH is 1. The van der Waals surface area contributed by atoms with Crippen LogP contribution in [0, 0.1) is 0 Å². The van der Waals surface area contributed by atoms with E-state index in [9.17, 15) is 19.5 Å². The van der Waals surface area contributed by atoms with Crippen LogP contribution in [0.1, 0.15) is 42.1 Å². The summed E-state index contributed by atoms with van der Waals surface area (Å²) in [6, 6.07) is 17.9. The number of carbonyl (C=O) groups excluding carboxylic acids is 3. The normalized spacial score (nSPS) is 14.1. The number of rotatable bonds is 7.